The van der Waals surface area contributed by atoms with Gasteiger partial charge in [0.05, 0.1) is 6.10 Å². The summed E-state index contributed by atoms with van der Waals surface area (Å²) in [5.41, 5.74) is 5.98. The van der Waals surface area contributed by atoms with Gasteiger partial charge in [-0.2, -0.15) is 0 Å². The number of aliphatic hydroxyl groups is 2. The standard InChI is InChI=1S/C29H37NO2/c1-5-15-29(32)16-14-26-24-12-8-20-17-22(31)11-13-23(20)27(24)25(18-28(26,29)2)19-6-9-21(10-7-19)30(3)4/h6-7,9-10,17,22,24-26,31-32H,8,11-14,16,18H2,1-4H3/t22-,24-,25-,26-,28+,29+/m1/s1. The minimum absolute atomic E-state index is 0.203. The number of allylic oxidation sites excluding steroid dienone is 3. The Morgan fingerprint density at radius 3 is 2.50 bits per heavy atom. The Labute approximate surface area is 193 Å². The van der Waals surface area contributed by atoms with E-state index in [0.717, 1.165) is 44.9 Å². The zero-order chi connectivity index (χ0) is 22.7. The molecule has 0 spiro atoms. The van der Waals surface area contributed by atoms with Crippen molar-refractivity contribution in [3.8, 4) is 11.8 Å². The highest BCUT2D eigenvalue weighted by Crippen LogP contribution is 2.66. The van der Waals surface area contributed by atoms with Gasteiger partial charge in [-0.15, -0.1) is 5.92 Å². The van der Waals surface area contributed by atoms with E-state index >= 15 is 0 Å². The van der Waals surface area contributed by atoms with Crippen LogP contribution in [-0.4, -0.2) is 36.0 Å². The number of anilines is 1. The fourth-order valence-electron chi connectivity index (χ4n) is 7.50. The van der Waals surface area contributed by atoms with Crippen molar-refractivity contribution >= 4 is 5.69 Å². The second-order valence-corrected chi connectivity index (χ2v) is 10.9. The Balaban J connectivity index is 1.66. The topological polar surface area (TPSA) is 43.7 Å². The maximum atomic E-state index is 11.7. The lowest BCUT2D eigenvalue weighted by atomic mass is 9.51. The Morgan fingerprint density at radius 2 is 1.81 bits per heavy atom. The van der Waals surface area contributed by atoms with Gasteiger partial charge in [0.1, 0.15) is 5.60 Å². The summed E-state index contributed by atoms with van der Waals surface area (Å²) in [7, 11) is 4.16. The van der Waals surface area contributed by atoms with E-state index in [1.165, 1.54) is 22.4 Å². The predicted molar refractivity (Wildman–Crippen MR) is 130 cm³/mol. The summed E-state index contributed by atoms with van der Waals surface area (Å²) >= 11 is 0. The van der Waals surface area contributed by atoms with Crippen molar-refractivity contribution in [3.05, 3.63) is 52.6 Å². The molecule has 3 nitrogen and oxygen atoms in total. The molecule has 0 heterocycles. The van der Waals surface area contributed by atoms with E-state index in [9.17, 15) is 10.2 Å². The van der Waals surface area contributed by atoms with Crippen LogP contribution in [0.15, 0.2) is 47.1 Å². The highest BCUT2D eigenvalue weighted by molar-refractivity contribution is 5.52. The minimum Gasteiger partial charge on any atom is -0.389 e. The van der Waals surface area contributed by atoms with Crippen molar-refractivity contribution in [2.24, 2.45) is 17.3 Å². The third-order valence-electron chi connectivity index (χ3n) is 9.16. The van der Waals surface area contributed by atoms with Crippen LogP contribution < -0.4 is 4.90 Å². The van der Waals surface area contributed by atoms with E-state index < -0.39 is 5.60 Å². The normalized spacial score (nSPS) is 38.1. The minimum atomic E-state index is -0.899. The SMILES string of the molecule is CC#C[C@]1(O)CC[C@@H]2[C@H]3CCC4=C[C@H](O)CCC4=C3[C@@H](c3ccc(N(C)C)cc3)C[C@@]21C. The molecular weight excluding hydrogens is 394 g/mol. The fraction of sp³-hybridized carbons (Fsp3) is 0.586. The van der Waals surface area contributed by atoms with Gasteiger partial charge in [0, 0.05) is 31.1 Å². The van der Waals surface area contributed by atoms with Gasteiger partial charge in [0.15, 0.2) is 0 Å². The first kappa shape index (κ1) is 21.8. The largest absolute Gasteiger partial charge is 0.389 e. The molecular formula is C29H37NO2. The van der Waals surface area contributed by atoms with Gasteiger partial charge in [0.2, 0.25) is 0 Å². The summed E-state index contributed by atoms with van der Waals surface area (Å²) in [6.07, 6.45) is 8.58. The van der Waals surface area contributed by atoms with Crippen LogP contribution in [0.25, 0.3) is 0 Å². The molecule has 0 aliphatic heterocycles. The number of aliphatic hydroxyl groups excluding tert-OH is 1. The van der Waals surface area contributed by atoms with E-state index in [1.54, 1.807) is 5.57 Å². The van der Waals surface area contributed by atoms with Crippen LogP contribution in [0.4, 0.5) is 5.69 Å². The van der Waals surface area contributed by atoms with Crippen molar-refractivity contribution in [2.75, 3.05) is 19.0 Å². The van der Waals surface area contributed by atoms with E-state index in [2.05, 4.69) is 68.1 Å². The van der Waals surface area contributed by atoms with Crippen LogP contribution in [0.3, 0.4) is 0 Å². The molecule has 0 aromatic heterocycles. The number of hydrogen-bond donors (Lipinski definition) is 2. The van der Waals surface area contributed by atoms with Gasteiger partial charge in [-0.3, -0.25) is 0 Å². The zero-order valence-electron chi connectivity index (χ0n) is 20.0. The lowest BCUT2D eigenvalue weighted by Crippen LogP contribution is -2.51. The summed E-state index contributed by atoms with van der Waals surface area (Å²) in [6, 6.07) is 9.04. The van der Waals surface area contributed by atoms with Crippen molar-refractivity contribution < 1.29 is 10.2 Å². The Morgan fingerprint density at radius 1 is 1.06 bits per heavy atom. The van der Waals surface area contributed by atoms with Crippen LogP contribution in [0.2, 0.25) is 0 Å². The molecule has 2 fully saturated rings. The van der Waals surface area contributed by atoms with Crippen molar-refractivity contribution in [1.29, 1.82) is 0 Å². The number of hydrogen-bond acceptors (Lipinski definition) is 3. The zero-order valence-corrected chi connectivity index (χ0v) is 20.0. The molecule has 170 valence electrons. The molecule has 0 bridgehead atoms. The molecule has 2 saturated carbocycles. The Bertz CT molecular complexity index is 1020. The smallest absolute Gasteiger partial charge is 0.131 e. The first-order chi connectivity index (χ1) is 15.3. The molecule has 3 heteroatoms. The summed E-state index contributed by atoms with van der Waals surface area (Å²) in [4.78, 5) is 2.14. The van der Waals surface area contributed by atoms with E-state index in [-0.39, 0.29) is 11.5 Å². The van der Waals surface area contributed by atoms with E-state index in [1.807, 2.05) is 6.92 Å². The quantitative estimate of drug-likeness (QED) is 0.633. The van der Waals surface area contributed by atoms with Crippen molar-refractivity contribution in [2.45, 2.75) is 76.4 Å². The molecule has 2 N–H and O–H groups in total. The average Bonchev–Trinajstić information content (AvgIpc) is 3.03. The molecule has 6 atom stereocenters. The summed E-state index contributed by atoms with van der Waals surface area (Å²) in [6.45, 7) is 4.17. The monoisotopic (exact) mass is 431 g/mol. The van der Waals surface area contributed by atoms with Gasteiger partial charge in [-0.1, -0.05) is 36.6 Å². The summed E-state index contributed by atoms with van der Waals surface area (Å²) in [5.74, 6) is 7.58. The molecule has 4 aliphatic carbocycles. The van der Waals surface area contributed by atoms with Crippen LogP contribution in [0, 0.1) is 29.1 Å². The van der Waals surface area contributed by atoms with Crippen LogP contribution in [-0.2, 0) is 0 Å². The summed E-state index contributed by atoms with van der Waals surface area (Å²) in [5, 5.41) is 22.0. The van der Waals surface area contributed by atoms with Gasteiger partial charge < -0.3 is 15.1 Å². The van der Waals surface area contributed by atoms with Gasteiger partial charge in [0.25, 0.3) is 0 Å². The molecule has 4 aliphatic rings. The molecule has 1 aromatic rings. The fourth-order valence-corrected chi connectivity index (χ4v) is 7.50. The van der Waals surface area contributed by atoms with Gasteiger partial charge in [-0.25, -0.2) is 0 Å². The second kappa shape index (κ2) is 7.79. The predicted octanol–water partition coefficient (Wildman–Crippen LogP) is 5.20. The number of benzene rings is 1. The molecule has 0 saturated heterocycles. The van der Waals surface area contributed by atoms with Crippen LogP contribution >= 0.6 is 0 Å². The average molecular weight is 432 g/mol. The van der Waals surface area contributed by atoms with Crippen LogP contribution in [0.5, 0.6) is 0 Å². The maximum absolute atomic E-state index is 11.7. The van der Waals surface area contributed by atoms with Gasteiger partial charge in [-0.05, 0) is 92.5 Å². The first-order valence-electron chi connectivity index (χ1n) is 12.3. The number of rotatable bonds is 2. The third-order valence-corrected chi connectivity index (χ3v) is 9.16. The van der Waals surface area contributed by atoms with E-state index in [0.29, 0.717) is 17.8 Å². The first-order valence-corrected chi connectivity index (χ1v) is 12.3. The molecule has 0 unspecified atom stereocenters. The maximum Gasteiger partial charge on any atom is 0.131 e. The Kier molecular flexibility index (Phi) is 5.31. The molecule has 1 aromatic carbocycles. The lowest BCUT2D eigenvalue weighted by molar-refractivity contribution is -0.0514. The van der Waals surface area contributed by atoms with Crippen molar-refractivity contribution in [3.63, 3.8) is 0 Å². The summed E-state index contributed by atoms with van der Waals surface area (Å²) < 4.78 is 0. The van der Waals surface area contributed by atoms with Crippen LogP contribution in [0.1, 0.15) is 70.3 Å². The second-order valence-electron chi connectivity index (χ2n) is 10.9. The van der Waals surface area contributed by atoms with Crippen molar-refractivity contribution in [1.82, 2.24) is 0 Å². The Hall–Kier alpha value is -2.02. The third kappa shape index (κ3) is 3.18. The number of fused-ring (bicyclic) bond motifs is 4. The van der Waals surface area contributed by atoms with E-state index in [4.69, 9.17) is 0 Å². The highest BCUT2D eigenvalue weighted by atomic mass is 16.3. The lowest BCUT2D eigenvalue weighted by Gasteiger charge is -2.54. The molecule has 0 radical (unpaired) electrons. The molecule has 32 heavy (non-hydrogen) atoms. The molecule has 5 rings (SSSR count). The number of nitrogens with zero attached hydrogens (tertiary/aromatic N) is 1. The van der Waals surface area contributed by atoms with Gasteiger partial charge >= 0.3 is 0 Å². The highest BCUT2D eigenvalue weighted by Gasteiger charge is 2.62. The molecule has 0 amide bonds.